The van der Waals surface area contributed by atoms with E-state index in [1.807, 2.05) is 7.05 Å². The molecule has 8 nitrogen and oxygen atoms in total. The molecule has 1 aromatic heterocycles. The number of nitrogens with one attached hydrogen (secondary N) is 2. The zero-order valence-electron chi connectivity index (χ0n) is 12.6. The van der Waals surface area contributed by atoms with E-state index in [2.05, 4.69) is 25.2 Å². The van der Waals surface area contributed by atoms with Gasteiger partial charge >= 0.3 is 10.2 Å². The Morgan fingerprint density at radius 1 is 1.24 bits per heavy atom. The second-order valence-corrected chi connectivity index (χ2v) is 6.85. The third-order valence-corrected chi connectivity index (χ3v) is 5.17. The zero-order chi connectivity index (χ0) is 15.5. The third kappa shape index (κ3) is 3.86. The first kappa shape index (κ1) is 16.1. The Kier molecular flexibility index (Phi) is 5.07. The minimum absolute atomic E-state index is 0.0203. The maximum absolute atomic E-state index is 12.5. The first-order valence-corrected chi connectivity index (χ1v) is 8.50. The van der Waals surface area contributed by atoms with Gasteiger partial charge in [0.15, 0.2) is 0 Å². The van der Waals surface area contributed by atoms with Crippen LogP contribution in [-0.4, -0.2) is 54.1 Å². The lowest BCUT2D eigenvalue weighted by molar-refractivity contribution is 0.250. The summed E-state index contributed by atoms with van der Waals surface area (Å²) < 4.78 is 29.0. The second kappa shape index (κ2) is 6.63. The molecular weight excluding hydrogens is 292 g/mol. The van der Waals surface area contributed by atoms with Crippen molar-refractivity contribution in [2.75, 3.05) is 24.9 Å². The highest BCUT2D eigenvalue weighted by atomic mass is 32.2. The molecule has 1 unspecified atom stereocenters. The van der Waals surface area contributed by atoms with Crippen molar-refractivity contribution >= 4 is 16.2 Å². The standard InChI is InChI=1S/C12H22N6O2S/c1-9-10(2)15-16-12(14-9)17-21(19,20)18-7-5-4-6-11(18)8-13-3/h11,13H,4-8H2,1-3H3,(H,14,16,17). The van der Waals surface area contributed by atoms with Crippen LogP contribution in [0, 0.1) is 13.8 Å². The quantitative estimate of drug-likeness (QED) is 0.806. The van der Waals surface area contributed by atoms with Gasteiger partial charge in [0.05, 0.1) is 11.4 Å². The summed E-state index contributed by atoms with van der Waals surface area (Å²) in [6.45, 7) is 4.70. The average molecular weight is 314 g/mol. The molecule has 9 heteroatoms. The highest BCUT2D eigenvalue weighted by molar-refractivity contribution is 7.90. The molecule has 21 heavy (non-hydrogen) atoms. The van der Waals surface area contributed by atoms with Crippen molar-refractivity contribution in [2.45, 2.75) is 39.2 Å². The summed E-state index contributed by atoms with van der Waals surface area (Å²) in [6.07, 6.45) is 2.76. The lowest BCUT2D eigenvalue weighted by Gasteiger charge is -2.34. The fraction of sp³-hybridized carbons (Fsp3) is 0.750. The molecule has 2 N–H and O–H groups in total. The molecule has 0 spiro atoms. The molecule has 1 aliphatic heterocycles. The summed E-state index contributed by atoms with van der Waals surface area (Å²) in [5, 5.41) is 10.7. The molecule has 0 radical (unpaired) electrons. The Morgan fingerprint density at radius 2 is 2.00 bits per heavy atom. The fourth-order valence-electron chi connectivity index (χ4n) is 2.40. The van der Waals surface area contributed by atoms with Gasteiger partial charge in [-0.05, 0) is 33.7 Å². The van der Waals surface area contributed by atoms with E-state index < -0.39 is 10.2 Å². The second-order valence-electron chi connectivity index (χ2n) is 5.23. The molecule has 1 fully saturated rings. The molecular formula is C12H22N6O2S. The minimum Gasteiger partial charge on any atom is -0.318 e. The van der Waals surface area contributed by atoms with Gasteiger partial charge in [0.25, 0.3) is 5.95 Å². The number of nitrogens with zero attached hydrogens (tertiary/aromatic N) is 4. The Bertz CT molecular complexity index is 589. The van der Waals surface area contributed by atoms with E-state index in [1.165, 1.54) is 4.31 Å². The molecule has 0 aliphatic carbocycles. The highest BCUT2D eigenvalue weighted by Gasteiger charge is 2.32. The summed E-state index contributed by atoms with van der Waals surface area (Å²) in [4.78, 5) is 4.12. The number of likely N-dealkylation sites (N-methyl/N-ethyl adjacent to an activating group) is 1. The molecule has 2 heterocycles. The maximum Gasteiger partial charge on any atom is 0.304 e. The van der Waals surface area contributed by atoms with Crippen molar-refractivity contribution in [3.8, 4) is 0 Å². The number of anilines is 1. The van der Waals surface area contributed by atoms with Crippen LogP contribution in [0.3, 0.4) is 0 Å². The predicted octanol–water partition coefficient (Wildman–Crippen LogP) is 0.219. The van der Waals surface area contributed by atoms with Crippen LogP contribution < -0.4 is 10.0 Å². The third-order valence-electron chi connectivity index (χ3n) is 3.63. The molecule has 0 bridgehead atoms. The molecule has 1 aromatic rings. The van der Waals surface area contributed by atoms with Gasteiger partial charge in [0.1, 0.15) is 0 Å². The van der Waals surface area contributed by atoms with Crippen LogP contribution in [0.15, 0.2) is 0 Å². The highest BCUT2D eigenvalue weighted by Crippen LogP contribution is 2.20. The van der Waals surface area contributed by atoms with Gasteiger partial charge < -0.3 is 5.32 Å². The number of piperidine rings is 1. The molecule has 0 saturated carbocycles. The summed E-state index contributed by atoms with van der Waals surface area (Å²) >= 11 is 0. The van der Waals surface area contributed by atoms with E-state index in [1.54, 1.807) is 13.8 Å². The lowest BCUT2D eigenvalue weighted by Crippen LogP contribution is -2.50. The number of rotatable bonds is 5. The smallest absolute Gasteiger partial charge is 0.304 e. The maximum atomic E-state index is 12.5. The van der Waals surface area contributed by atoms with E-state index in [-0.39, 0.29) is 12.0 Å². The van der Waals surface area contributed by atoms with Crippen molar-refractivity contribution in [1.82, 2.24) is 24.8 Å². The summed E-state index contributed by atoms with van der Waals surface area (Å²) in [5.74, 6) is 0.0203. The van der Waals surface area contributed by atoms with E-state index in [0.717, 1.165) is 19.3 Å². The SMILES string of the molecule is CNCC1CCCCN1S(=O)(=O)Nc1nnc(C)c(C)n1. The monoisotopic (exact) mass is 314 g/mol. The Morgan fingerprint density at radius 3 is 2.67 bits per heavy atom. The van der Waals surface area contributed by atoms with E-state index in [9.17, 15) is 8.42 Å². The summed E-state index contributed by atoms with van der Waals surface area (Å²) in [5.41, 5.74) is 1.34. The van der Waals surface area contributed by atoms with Gasteiger partial charge in [0, 0.05) is 19.1 Å². The lowest BCUT2D eigenvalue weighted by atomic mass is 10.1. The largest absolute Gasteiger partial charge is 0.318 e. The van der Waals surface area contributed by atoms with Crippen molar-refractivity contribution in [1.29, 1.82) is 0 Å². The first-order chi connectivity index (χ1) is 9.94. The van der Waals surface area contributed by atoms with Gasteiger partial charge in [-0.25, -0.2) is 9.71 Å². The van der Waals surface area contributed by atoms with Crippen molar-refractivity contribution in [3.63, 3.8) is 0 Å². The van der Waals surface area contributed by atoms with Gasteiger partial charge in [-0.3, -0.25) is 0 Å². The minimum atomic E-state index is -3.66. The van der Waals surface area contributed by atoms with Crippen LogP contribution in [0.4, 0.5) is 5.95 Å². The van der Waals surface area contributed by atoms with E-state index in [0.29, 0.717) is 24.5 Å². The Labute approximate surface area is 125 Å². The van der Waals surface area contributed by atoms with Crippen LogP contribution in [0.5, 0.6) is 0 Å². The normalized spacial score (nSPS) is 20.4. The topological polar surface area (TPSA) is 100 Å². The average Bonchev–Trinajstić information content (AvgIpc) is 2.43. The van der Waals surface area contributed by atoms with E-state index in [4.69, 9.17) is 0 Å². The van der Waals surface area contributed by atoms with Gasteiger partial charge in [0.2, 0.25) is 0 Å². The molecule has 0 aromatic carbocycles. The molecule has 118 valence electrons. The van der Waals surface area contributed by atoms with Crippen LogP contribution in [0.2, 0.25) is 0 Å². The number of aryl methyl sites for hydroxylation is 2. The fourth-order valence-corrected chi connectivity index (χ4v) is 3.78. The van der Waals surface area contributed by atoms with Crippen molar-refractivity contribution in [3.05, 3.63) is 11.4 Å². The molecule has 2 rings (SSSR count). The molecule has 1 aliphatic rings. The number of hydrogen-bond donors (Lipinski definition) is 2. The van der Waals surface area contributed by atoms with Gasteiger partial charge in [-0.2, -0.15) is 17.8 Å². The van der Waals surface area contributed by atoms with Crippen LogP contribution in [0.1, 0.15) is 30.7 Å². The van der Waals surface area contributed by atoms with Crippen LogP contribution in [0.25, 0.3) is 0 Å². The van der Waals surface area contributed by atoms with Gasteiger partial charge in [-0.1, -0.05) is 6.42 Å². The first-order valence-electron chi connectivity index (χ1n) is 7.06. The Hall–Kier alpha value is -1.32. The van der Waals surface area contributed by atoms with Crippen molar-refractivity contribution < 1.29 is 8.42 Å². The molecule has 0 amide bonds. The van der Waals surface area contributed by atoms with E-state index >= 15 is 0 Å². The number of hydrogen-bond acceptors (Lipinski definition) is 6. The zero-order valence-corrected chi connectivity index (χ0v) is 13.4. The molecule has 1 atom stereocenters. The summed E-state index contributed by atoms with van der Waals surface area (Å²) in [7, 11) is -1.84. The number of aromatic nitrogens is 3. The summed E-state index contributed by atoms with van der Waals surface area (Å²) in [6, 6.07) is -0.0410. The predicted molar refractivity (Wildman–Crippen MR) is 80.1 cm³/mol. The van der Waals surface area contributed by atoms with Crippen LogP contribution in [-0.2, 0) is 10.2 Å². The molecule has 1 saturated heterocycles. The Balaban J connectivity index is 2.17. The van der Waals surface area contributed by atoms with Crippen molar-refractivity contribution in [2.24, 2.45) is 0 Å². The van der Waals surface area contributed by atoms with Gasteiger partial charge in [-0.15, -0.1) is 5.10 Å². The van der Waals surface area contributed by atoms with Crippen LogP contribution >= 0.6 is 0 Å².